The average Bonchev–Trinajstić information content (AvgIpc) is 3.54. The lowest BCUT2D eigenvalue weighted by Gasteiger charge is -2.13. The Morgan fingerprint density at radius 2 is 1.80 bits per heavy atom. The molecule has 1 saturated carbocycles. The van der Waals surface area contributed by atoms with Crippen LogP contribution in [0.3, 0.4) is 0 Å². The maximum atomic E-state index is 12.3. The van der Waals surface area contributed by atoms with E-state index in [9.17, 15) is 18.5 Å². The zero-order chi connectivity index (χ0) is 21.8. The van der Waals surface area contributed by atoms with Gasteiger partial charge in [0.25, 0.3) is 5.91 Å². The number of hydrogen-bond donors (Lipinski definition) is 2. The molecule has 158 valence electrons. The first-order valence-electron chi connectivity index (χ1n) is 9.85. The summed E-state index contributed by atoms with van der Waals surface area (Å²) in [7, 11) is -3.58. The minimum atomic E-state index is -3.58. The van der Waals surface area contributed by atoms with E-state index in [2.05, 4.69) is 16.1 Å². The summed E-state index contributed by atoms with van der Waals surface area (Å²) in [4.78, 5) is 12.3. The van der Waals surface area contributed by atoms with E-state index in [1.165, 1.54) is 24.3 Å². The Kier molecular flexibility index (Phi) is 6.44. The van der Waals surface area contributed by atoms with Crippen molar-refractivity contribution >= 4 is 21.6 Å². The third-order valence-corrected chi connectivity index (χ3v) is 6.76. The first-order chi connectivity index (χ1) is 14.3. The molecule has 0 spiro atoms. The number of sulfonamides is 1. The molecule has 1 atom stereocenters. The Morgan fingerprint density at radius 3 is 2.33 bits per heavy atom. The molecular weight excluding hydrogens is 402 g/mol. The van der Waals surface area contributed by atoms with E-state index in [0.717, 1.165) is 18.4 Å². The maximum absolute atomic E-state index is 12.3. The summed E-state index contributed by atoms with van der Waals surface area (Å²) in [6.07, 6.45) is 2.44. The van der Waals surface area contributed by atoms with Crippen molar-refractivity contribution in [3.63, 3.8) is 0 Å². The van der Waals surface area contributed by atoms with Gasteiger partial charge >= 0.3 is 0 Å². The molecule has 3 rings (SSSR count). The number of anilines is 1. The van der Waals surface area contributed by atoms with Gasteiger partial charge in [-0.15, -0.1) is 0 Å². The van der Waals surface area contributed by atoms with Gasteiger partial charge < -0.3 is 10.1 Å². The number of nitrogens with zero attached hydrogens (tertiary/aromatic N) is 1. The molecule has 2 aromatic carbocycles. The van der Waals surface area contributed by atoms with Crippen molar-refractivity contribution in [3.05, 3.63) is 54.1 Å². The van der Waals surface area contributed by atoms with E-state index < -0.39 is 10.0 Å². The van der Waals surface area contributed by atoms with Crippen LogP contribution >= 0.6 is 0 Å². The first-order valence-corrected chi connectivity index (χ1v) is 11.3. The molecule has 1 aliphatic carbocycles. The molecule has 1 aliphatic rings. The number of rotatable bonds is 9. The Bertz CT molecular complexity index is 1040. The summed E-state index contributed by atoms with van der Waals surface area (Å²) in [5.74, 6) is 0.0620. The molecule has 0 saturated heterocycles. The largest absolute Gasteiger partial charge is 0.484 e. The zero-order valence-corrected chi connectivity index (χ0v) is 17.8. The summed E-state index contributed by atoms with van der Waals surface area (Å²) >= 11 is 0. The highest BCUT2D eigenvalue weighted by Gasteiger charge is 2.44. The van der Waals surface area contributed by atoms with Crippen LogP contribution in [-0.4, -0.2) is 27.0 Å². The van der Waals surface area contributed by atoms with Crippen molar-refractivity contribution in [1.82, 2.24) is 4.72 Å². The van der Waals surface area contributed by atoms with E-state index in [1.807, 2.05) is 19.1 Å². The fourth-order valence-electron chi connectivity index (χ4n) is 2.94. The Hall–Kier alpha value is -2.89. The number of nitrogens with one attached hydrogen (secondary N) is 2. The zero-order valence-electron chi connectivity index (χ0n) is 17.0. The fraction of sp³-hybridized carbons (Fsp3) is 0.364. The molecule has 30 heavy (non-hydrogen) atoms. The van der Waals surface area contributed by atoms with Gasteiger partial charge in [-0.25, -0.2) is 13.1 Å². The third kappa shape index (κ3) is 5.17. The van der Waals surface area contributed by atoms with Gasteiger partial charge in [-0.1, -0.05) is 19.1 Å². The predicted molar refractivity (Wildman–Crippen MR) is 114 cm³/mol. The standard InChI is InChI=1S/C22H25N3O4S/c1-3-16(2)25-30(27,28)20-10-8-19(9-11-20)29-14-21(26)24-18-6-4-17(5-7-18)22(15-23)12-13-22/h4-11,16,25H,3,12-14H2,1-2H3,(H,24,26). The number of ether oxygens (including phenoxy) is 1. The molecule has 7 nitrogen and oxygen atoms in total. The Morgan fingerprint density at radius 1 is 1.17 bits per heavy atom. The van der Waals surface area contributed by atoms with Crippen molar-refractivity contribution in [2.24, 2.45) is 0 Å². The Labute approximate surface area is 177 Å². The van der Waals surface area contributed by atoms with Crippen LogP contribution in [0.2, 0.25) is 0 Å². The lowest BCUT2D eigenvalue weighted by Crippen LogP contribution is -2.31. The Balaban J connectivity index is 1.52. The molecule has 1 unspecified atom stereocenters. The van der Waals surface area contributed by atoms with Crippen LogP contribution in [0.15, 0.2) is 53.4 Å². The van der Waals surface area contributed by atoms with E-state index in [4.69, 9.17) is 4.74 Å². The molecule has 0 heterocycles. The highest BCUT2D eigenvalue weighted by molar-refractivity contribution is 7.89. The lowest BCUT2D eigenvalue weighted by molar-refractivity contribution is -0.118. The lowest BCUT2D eigenvalue weighted by atomic mass is 9.98. The van der Waals surface area contributed by atoms with Gasteiger partial charge in [0.05, 0.1) is 16.4 Å². The summed E-state index contributed by atoms with van der Waals surface area (Å²) in [5, 5.41) is 12.0. The second-order valence-electron chi connectivity index (χ2n) is 7.51. The van der Waals surface area contributed by atoms with Crippen LogP contribution in [0.4, 0.5) is 5.69 Å². The monoisotopic (exact) mass is 427 g/mol. The first kappa shape index (κ1) is 21.8. The van der Waals surface area contributed by atoms with Gasteiger partial charge in [0.1, 0.15) is 5.75 Å². The van der Waals surface area contributed by atoms with E-state index in [1.54, 1.807) is 19.1 Å². The molecule has 2 N–H and O–H groups in total. The third-order valence-electron chi connectivity index (χ3n) is 5.16. The average molecular weight is 428 g/mol. The van der Waals surface area contributed by atoms with Crippen molar-refractivity contribution < 1.29 is 17.9 Å². The van der Waals surface area contributed by atoms with Crippen molar-refractivity contribution in [2.75, 3.05) is 11.9 Å². The molecule has 0 radical (unpaired) electrons. The van der Waals surface area contributed by atoms with Gasteiger partial charge in [-0.3, -0.25) is 4.79 Å². The van der Waals surface area contributed by atoms with Gasteiger partial charge in [-0.05, 0) is 68.1 Å². The molecule has 1 fully saturated rings. The smallest absolute Gasteiger partial charge is 0.262 e. The summed E-state index contributed by atoms with van der Waals surface area (Å²) in [6.45, 7) is 3.50. The highest BCUT2D eigenvalue weighted by Crippen LogP contribution is 2.47. The molecule has 0 aliphatic heterocycles. The summed E-state index contributed by atoms with van der Waals surface area (Å²) < 4.78 is 32.5. The molecular formula is C22H25N3O4S. The van der Waals surface area contributed by atoms with E-state index in [-0.39, 0.29) is 28.9 Å². The maximum Gasteiger partial charge on any atom is 0.262 e. The van der Waals surface area contributed by atoms with Crippen molar-refractivity contribution in [2.45, 2.75) is 49.5 Å². The second kappa shape index (κ2) is 8.86. The van der Waals surface area contributed by atoms with Crippen LogP contribution in [0.25, 0.3) is 0 Å². The quantitative estimate of drug-likeness (QED) is 0.638. The van der Waals surface area contributed by atoms with Crippen molar-refractivity contribution in [3.8, 4) is 11.8 Å². The van der Waals surface area contributed by atoms with Crippen LogP contribution in [0, 0.1) is 11.3 Å². The van der Waals surface area contributed by atoms with E-state index >= 15 is 0 Å². The van der Waals surface area contributed by atoms with Crippen LogP contribution in [-0.2, 0) is 20.2 Å². The number of carbonyl (C=O) groups excluding carboxylic acids is 1. The second-order valence-corrected chi connectivity index (χ2v) is 9.22. The number of benzene rings is 2. The number of hydrogen-bond acceptors (Lipinski definition) is 5. The van der Waals surface area contributed by atoms with Gasteiger partial charge in [0.15, 0.2) is 6.61 Å². The van der Waals surface area contributed by atoms with Crippen LogP contribution in [0.1, 0.15) is 38.7 Å². The molecule has 2 aromatic rings. The molecule has 0 aromatic heterocycles. The van der Waals surface area contributed by atoms with Gasteiger partial charge in [-0.2, -0.15) is 5.26 Å². The molecule has 1 amide bonds. The normalized spacial score (nSPS) is 15.6. The predicted octanol–water partition coefficient (Wildman–Crippen LogP) is 3.34. The minimum absolute atomic E-state index is 0.144. The topological polar surface area (TPSA) is 108 Å². The SMILES string of the molecule is CCC(C)NS(=O)(=O)c1ccc(OCC(=O)Nc2ccc(C3(C#N)CC3)cc2)cc1. The van der Waals surface area contributed by atoms with Gasteiger partial charge in [0, 0.05) is 11.7 Å². The molecule has 0 bridgehead atoms. The number of amides is 1. The number of nitriles is 1. The summed E-state index contributed by atoms with van der Waals surface area (Å²) in [6, 6.07) is 15.4. The summed E-state index contributed by atoms with van der Waals surface area (Å²) in [5.41, 5.74) is 1.24. The molecule has 8 heteroatoms. The number of carbonyl (C=O) groups is 1. The fourth-order valence-corrected chi connectivity index (χ4v) is 4.27. The minimum Gasteiger partial charge on any atom is -0.484 e. The van der Waals surface area contributed by atoms with Crippen LogP contribution < -0.4 is 14.8 Å². The van der Waals surface area contributed by atoms with E-state index in [0.29, 0.717) is 17.9 Å². The van der Waals surface area contributed by atoms with Gasteiger partial charge in [0.2, 0.25) is 10.0 Å². The van der Waals surface area contributed by atoms with Crippen molar-refractivity contribution in [1.29, 1.82) is 5.26 Å². The van der Waals surface area contributed by atoms with Crippen LogP contribution in [0.5, 0.6) is 5.75 Å². The highest BCUT2D eigenvalue weighted by atomic mass is 32.2.